The van der Waals surface area contributed by atoms with Crippen molar-refractivity contribution in [2.75, 3.05) is 13.7 Å². The van der Waals surface area contributed by atoms with E-state index in [2.05, 4.69) is 32.2 Å². The molecule has 1 N–H and O–H groups in total. The Morgan fingerprint density at radius 2 is 1.93 bits per heavy atom. The topological polar surface area (TPSA) is 21.3 Å². The van der Waals surface area contributed by atoms with E-state index in [-0.39, 0.29) is 0 Å². The number of benzene rings is 1. The van der Waals surface area contributed by atoms with Crippen LogP contribution >= 0.6 is 0 Å². The molecule has 0 saturated carbocycles. The molecule has 0 heterocycles. The van der Waals surface area contributed by atoms with Crippen molar-refractivity contribution in [1.29, 1.82) is 0 Å². The van der Waals surface area contributed by atoms with E-state index in [4.69, 9.17) is 4.74 Å². The molecular formula is C13H21NO. The summed E-state index contributed by atoms with van der Waals surface area (Å²) >= 11 is 0. The van der Waals surface area contributed by atoms with Gasteiger partial charge in [-0.15, -0.1) is 0 Å². The minimum absolute atomic E-state index is 0.407. The molecule has 1 rings (SSSR count). The van der Waals surface area contributed by atoms with E-state index in [9.17, 15) is 0 Å². The zero-order chi connectivity index (χ0) is 11.3. The second-order valence-electron chi connectivity index (χ2n) is 4.22. The van der Waals surface area contributed by atoms with E-state index >= 15 is 0 Å². The highest BCUT2D eigenvalue weighted by atomic mass is 16.5. The van der Waals surface area contributed by atoms with Gasteiger partial charge in [-0.05, 0) is 31.5 Å². The van der Waals surface area contributed by atoms with Crippen LogP contribution in [-0.4, -0.2) is 19.7 Å². The van der Waals surface area contributed by atoms with Gasteiger partial charge in [0.15, 0.2) is 0 Å². The van der Waals surface area contributed by atoms with Crippen molar-refractivity contribution in [3.63, 3.8) is 0 Å². The molecule has 0 bridgehead atoms. The third kappa shape index (κ3) is 3.56. The highest BCUT2D eigenvalue weighted by Gasteiger charge is 2.11. The number of rotatable bonds is 5. The molecule has 0 saturated heterocycles. The second kappa shape index (κ2) is 5.76. The van der Waals surface area contributed by atoms with Gasteiger partial charge in [-0.1, -0.05) is 32.0 Å². The lowest BCUT2D eigenvalue weighted by Gasteiger charge is -2.21. The smallest absolute Gasteiger partial charge is 0.122 e. The summed E-state index contributed by atoms with van der Waals surface area (Å²) in [7, 11) is 1.98. The molecule has 0 aliphatic rings. The fraction of sp³-hybridized carbons (Fsp3) is 0.538. The van der Waals surface area contributed by atoms with Gasteiger partial charge < -0.3 is 10.1 Å². The van der Waals surface area contributed by atoms with Gasteiger partial charge in [0.25, 0.3) is 0 Å². The third-order valence-electron chi connectivity index (χ3n) is 2.69. The van der Waals surface area contributed by atoms with E-state index in [1.54, 1.807) is 0 Å². The second-order valence-corrected chi connectivity index (χ2v) is 4.22. The van der Waals surface area contributed by atoms with Gasteiger partial charge in [-0.25, -0.2) is 0 Å². The summed E-state index contributed by atoms with van der Waals surface area (Å²) in [4.78, 5) is 0. The summed E-state index contributed by atoms with van der Waals surface area (Å²) in [6.45, 7) is 7.18. The molecule has 0 aliphatic heterocycles. The Hall–Kier alpha value is -1.02. The largest absolute Gasteiger partial charge is 0.492 e. The molecule has 2 nitrogen and oxygen atoms in total. The van der Waals surface area contributed by atoms with Gasteiger partial charge in [0.05, 0.1) is 0 Å². The number of ether oxygens (including phenoxy) is 1. The Morgan fingerprint density at radius 3 is 2.47 bits per heavy atom. The summed E-state index contributed by atoms with van der Waals surface area (Å²) < 4.78 is 5.79. The lowest BCUT2D eigenvalue weighted by molar-refractivity contribution is 0.237. The van der Waals surface area contributed by atoms with E-state index in [0.29, 0.717) is 12.0 Å². The van der Waals surface area contributed by atoms with Crippen molar-refractivity contribution < 1.29 is 4.74 Å². The summed E-state index contributed by atoms with van der Waals surface area (Å²) in [6.07, 6.45) is 0. The number of likely N-dealkylation sites (N-methyl/N-ethyl adjacent to an activating group) is 1. The quantitative estimate of drug-likeness (QED) is 0.801. The molecule has 0 aliphatic carbocycles. The Balaban J connectivity index is 2.53. The lowest BCUT2D eigenvalue weighted by atomic mass is 10.1. The van der Waals surface area contributed by atoms with Crippen LogP contribution in [0.5, 0.6) is 5.75 Å². The summed E-state index contributed by atoms with van der Waals surface area (Å²) in [5.41, 5.74) is 1.19. The zero-order valence-corrected chi connectivity index (χ0v) is 10.1. The van der Waals surface area contributed by atoms with Crippen molar-refractivity contribution in [2.45, 2.75) is 26.8 Å². The average Bonchev–Trinajstić information content (AvgIpc) is 2.21. The Morgan fingerprint density at radius 1 is 1.27 bits per heavy atom. The molecule has 0 radical (unpaired) electrons. The van der Waals surface area contributed by atoms with Crippen LogP contribution in [0.4, 0.5) is 0 Å². The maximum absolute atomic E-state index is 5.79. The molecule has 15 heavy (non-hydrogen) atoms. The summed E-state index contributed by atoms with van der Waals surface area (Å²) in [5.74, 6) is 1.57. The van der Waals surface area contributed by atoms with Crippen LogP contribution < -0.4 is 10.1 Å². The first-order valence-electron chi connectivity index (χ1n) is 5.51. The van der Waals surface area contributed by atoms with Crippen LogP contribution in [0.15, 0.2) is 24.3 Å². The van der Waals surface area contributed by atoms with Gasteiger partial charge in [0, 0.05) is 6.04 Å². The highest BCUT2D eigenvalue weighted by molar-refractivity contribution is 5.31. The molecule has 1 atom stereocenters. The first-order chi connectivity index (χ1) is 7.15. The number of hydrogen-bond acceptors (Lipinski definition) is 2. The lowest BCUT2D eigenvalue weighted by Crippen LogP contribution is -2.36. The maximum atomic E-state index is 5.79. The number of para-hydroxylation sites is 1. The van der Waals surface area contributed by atoms with E-state index in [0.717, 1.165) is 12.4 Å². The Labute approximate surface area is 92.6 Å². The monoisotopic (exact) mass is 207 g/mol. The maximum Gasteiger partial charge on any atom is 0.122 e. The molecule has 0 fully saturated rings. The van der Waals surface area contributed by atoms with Gasteiger partial charge in [0.1, 0.15) is 12.4 Å². The molecule has 2 heteroatoms. The minimum atomic E-state index is 0.407. The molecular weight excluding hydrogens is 186 g/mol. The first-order valence-corrected chi connectivity index (χ1v) is 5.51. The van der Waals surface area contributed by atoms with Crippen molar-refractivity contribution in [1.82, 2.24) is 5.32 Å². The predicted molar refractivity (Wildman–Crippen MR) is 64.4 cm³/mol. The summed E-state index contributed by atoms with van der Waals surface area (Å²) in [6, 6.07) is 8.53. The SMILES string of the molecule is CNC(COc1ccccc1C)C(C)C. The number of aryl methyl sites for hydroxylation is 1. The van der Waals surface area contributed by atoms with Gasteiger partial charge in [-0.3, -0.25) is 0 Å². The average molecular weight is 207 g/mol. The van der Waals surface area contributed by atoms with Crippen LogP contribution in [0.25, 0.3) is 0 Å². The fourth-order valence-corrected chi connectivity index (χ4v) is 1.51. The van der Waals surface area contributed by atoms with E-state index in [1.807, 2.05) is 25.2 Å². The van der Waals surface area contributed by atoms with Crippen molar-refractivity contribution >= 4 is 0 Å². The van der Waals surface area contributed by atoms with Crippen molar-refractivity contribution in [3.05, 3.63) is 29.8 Å². The van der Waals surface area contributed by atoms with E-state index in [1.165, 1.54) is 5.56 Å². The van der Waals surface area contributed by atoms with E-state index < -0.39 is 0 Å². The number of nitrogens with one attached hydrogen (secondary N) is 1. The molecule has 0 spiro atoms. The van der Waals surface area contributed by atoms with Crippen LogP contribution in [0, 0.1) is 12.8 Å². The normalized spacial score (nSPS) is 12.9. The molecule has 84 valence electrons. The highest BCUT2D eigenvalue weighted by Crippen LogP contribution is 2.16. The summed E-state index contributed by atoms with van der Waals surface area (Å²) in [5, 5.41) is 3.27. The Bertz CT molecular complexity index is 296. The number of hydrogen-bond donors (Lipinski definition) is 1. The van der Waals surface area contributed by atoms with Crippen molar-refractivity contribution in [3.8, 4) is 5.75 Å². The molecule has 1 unspecified atom stereocenters. The van der Waals surface area contributed by atoms with Gasteiger partial charge >= 0.3 is 0 Å². The molecule has 0 aromatic heterocycles. The Kier molecular flexibility index (Phi) is 4.63. The first kappa shape index (κ1) is 12.1. The van der Waals surface area contributed by atoms with Gasteiger partial charge in [-0.2, -0.15) is 0 Å². The zero-order valence-electron chi connectivity index (χ0n) is 10.1. The van der Waals surface area contributed by atoms with Crippen LogP contribution in [0.1, 0.15) is 19.4 Å². The predicted octanol–water partition coefficient (Wildman–Crippen LogP) is 2.62. The standard InChI is InChI=1S/C13H21NO/c1-10(2)12(14-4)9-15-13-8-6-5-7-11(13)3/h5-8,10,12,14H,9H2,1-4H3. The van der Waals surface area contributed by atoms with Crippen LogP contribution in [-0.2, 0) is 0 Å². The van der Waals surface area contributed by atoms with Crippen LogP contribution in [0.2, 0.25) is 0 Å². The van der Waals surface area contributed by atoms with Crippen LogP contribution in [0.3, 0.4) is 0 Å². The fourth-order valence-electron chi connectivity index (χ4n) is 1.51. The molecule has 1 aromatic carbocycles. The molecule has 1 aromatic rings. The van der Waals surface area contributed by atoms with Crippen molar-refractivity contribution in [2.24, 2.45) is 5.92 Å². The third-order valence-corrected chi connectivity index (χ3v) is 2.69. The minimum Gasteiger partial charge on any atom is -0.492 e. The molecule has 0 amide bonds. The van der Waals surface area contributed by atoms with Gasteiger partial charge in [0.2, 0.25) is 0 Å².